The molecular formula is C24H29N5O3S. The Morgan fingerprint density at radius 1 is 1.09 bits per heavy atom. The van der Waals surface area contributed by atoms with Crippen molar-refractivity contribution >= 4 is 39.7 Å². The van der Waals surface area contributed by atoms with Gasteiger partial charge in [0.2, 0.25) is 0 Å². The van der Waals surface area contributed by atoms with E-state index in [-0.39, 0.29) is 0 Å². The van der Waals surface area contributed by atoms with Crippen molar-refractivity contribution in [2.24, 2.45) is 0 Å². The fourth-order valence-electron chi connectivity index (χ4n) is 3.81. The zero-order valence-corrected chi connectivity index (χ0v) is 20.0. The topological polar surface area (TPSA) is 80.8 Å². The van der Waals surface area contributed by atoms with E-state index in [1.54, 1.807) is 7.11 Å². The fourth-order valence-corrected chi connectivity index (χ4v) is 4.01. The third kappa shape index (κ3) is 5.68. The van der Waals surface area contributed by atoms with E-state index >= 15 is 0 Å². The van der Waals surface area contributed by atoms with Crippen molar-refractivity contribution in [1.29, 1.82) is 0 Å². The average Bonchev–Trinajstić information content (AvgIpc) is 2.82. The first-order valence-corrected chi connectivity index (χ1v) is 11.4. The predicted molar refractivity (Wildman–Crippen MR) is 135 cm³/mol. The van der Waals surface area contributed by atoms with Crippen LogP contribution in [0.15, 0.2) is 36.7 Å². The number of nitrogens with zero attached hydrogens (tertiary/aromatic N) is 3. The summed E-state index contributed by atoms with van der Waals surface area (Å²) in [6, 6.07) is 9.87. The molecule has 33 heavy (non-hydrogen) atoms. The maximum Gasteiger partial charge on any atom is 0.176 e. The van der Waals surface area contributed by atoms with Crippen molar-refractivity contribution in [2.45, 2.75) is 13.8 Å². The first-order valence-electron chi connectivity index (χ1n) is 10.9. The van der Waals surface area contributed by atoms with Gasteiger partial charge in [-0.3, -0.25) is 4.90 Å². The highest BCUT2D eigenvalue weighted by molar-refractivity contribution is 7.80. The lowest BCUT2D eigenvalue weighted by Crippen LogP contribution is -2.38. The minimum Gasteiger partial charge on any atom is -0.493 e. The Morgan fingerprint density at radius 3 is 2.58 bits per heavy atom. The predicted octanol–water partition coefficient (Wildman–Crippen LogP) is 3.78. The smallest absolute Gasteiger partial charge is 0.176 e. The van der Waals surface area contributed by atoms with Crippen LogP contribution >= 0.6 is 12.2 Å². The van der Waals surface area contributed by atoms with Crippen molar-refractivity contribution < 1.29 is 14.2 Å². The molecule has 8 nitrogen and oxygen atoms in total. The highest BCUT2D eigenvalue weighted by atomic mass is 32.1. The number of aromatic nitrogens is 2. The van der Waals surface area contributed by atoms with Crippen LogP contribution in [0.3, 0.4) is 0 Å². The van der Waals surface area contributed by atoms with E-state index in [1.807, 2.05) is 44.2 Å². The van der Waals surface area contributed by atoms with Crippen LogP contribution < -0.4 is 20.1 Å². The lowest BCUT2D eigenvalue weighted by molar-refractivity contribution is 0.0321. The largest absolute Gasteiger partial charge is 0.493 e. The molecule has 0 saturated carbocycles. The molecule has 0 amide bonds. The number of morpholine rings is 1. The minimum absolute atomic E-state index is 0.456. The van der Waals surface area contributed by atoms with Gasteiger partial charge in [0.1, 0.15) is 18.8 Å². The molecule has 0 bridgehead atoms. The standard InChI is InChI=1S/C24H29N5O3S/c1-16-5-4-6-17(2)22(16)27-24(33)28-23-18-13-20(30-3)21(14-19(18)25-15-26-23)32-12-9-29-7-10-31-11-8-29/h4-6,13-15H,7-12H2,1-3H3,(H2,25,26,27,28,33). The maximum absolute atomic E-state index is 6.04. The van der Waals surface area contributed by atoms with Gasteiger partial charge in [-0.1, -0.05) is 18.2 Å². The zero-order valence-electron chi connectivity index (χ0n) is 19.2. The molecule has 2 aromatic carbocycles. The molecule has 0 atom stereocenters. The molecule has 2 heterocycles. The van der Waals surface area contributed by atoms with Crippen molar-refractivity contribution in [3.8, 4) is 11.5 Å². The van der Waals surface area contributed by atoms with Gasteiger partial charge in [-0.2, -0.15) is 0 Å². The summed E-state index contributed by atoms with van der Waals surface area (Å²) in [6.45, 7) is 8.87. The maximum atomic E-state index is 6.04. The molecule has 3 aromatic rings. The van der Waals surface area contributed by atoms with Crippen LogP contribution in [0.1, 0.15) is 11.1 Å². The second-order valence-electron chi connectivity index (χ2n) is 7.89. The molecule has 4 rings (SSSR count). The molecule has 1 aliphatic rings. The van der Waals surface area contributed by atoms with Gasteiger partial charge in [-0.15, -0.1) is 0 Å². The van der Waals surface area contributed by atoms with E-state index in [1.165, 1.54) is 6.33 Å². The summed E-state index contributed by atoms with van der Waals surface area (Å²) in [5.41, 5.74) is 3.96. The van der Waals surface area contributed by atoms with Crippen LogP contribution in [-0.4, -0.2) is 66.5 Å². The number of rotatable bonds is 7. The molecular weight excluding hydrogens is 438 g/mol. The Labute approximate surface area is 199 Å². The molecule has 0 radical (unpaired) electrons. The third-order valence-corrected chi connectivity index (χ3v) is 5.85. The lowest BCUT2D eigenvalue weighted by atomic mass is 10.1. The molecule has 1 aliphatic heterocycles. The molecule has 1 saturated heterocycles. The first-order chi connectivity index (χ1) is 16.0. The third-order valence-electron chi connectivity index (χ3n) is 5.64. The molecule has 0 unspecified atom stereocenters. The monoisotopic (exact) mass is 467 g/mol. The molecule has 9 heteroatoms. The summed E-state index contributed by atoms with van der Waals surface area (Å²) < 4.78 is 17.0. The number of thiocarbonyl (C=S) groups is 1. The van der Waals surface area contributed by atoms with Gasteiger partial charge < -0.3 is 24.8 Å². The summed E-state index contributed by atoms with van der Waals surface area (Å²) in [4.78, 5) is 11.1. The number of hydrogen-bond acceptors (Lipinski definition) is 7. The summed E-state index contributed by atoms with van der Waals surface area (Å²) in [7, 11) is 1.63. The molecule has 0 aliphatic carbocycles. The van der Waals surface area contributed by atoms with Crippen LogP contribution in [0.4, 0.5) is 11.5 Å². The summed E-state index contributed by atoms with van der Waals surface area (Å²) in [6.07, 6.45) is 1.51. The Balaban J connectivity index is 1.49. The Morgan fingerprint density at radius 2 is 1.85 bits per heavy atom. The number of benzene rings is 2. The average molecular weight is 468 g/mol. The number of para-hydroxylation sites is 1. The SMILES string of the molecule is COc1cc2c(NC(=S)Nc3c(C)cccc3C)ncnc2cc1OCCN1CCOCC1. The Kier molecular flexibility index (Phi) is 7.54. The van der Waals surface area contributed by atoms with Gasteiger partial charge in [0.05, 0.1) is 25.8 Å². The first kappa shape index (κ1) is 23.2. The number of fused-ring (bicyclic) bond motifs is 1. The van der Waals surface area contributed by atoms with Crippen molar-refractivity contribution in [3.63, 3.8) is 0 Å². The zero-order chi connectivity index (χ0) is 23.2. The van der Waals surface area contributed by atoms with Crippen LogP contribution in [0.25, 0.3) is 10.9 Å². The molecule has 1 aromatic heterocycles. The quantitative estimate of drug-likeness (QED) is 0.505. The summed E-state index contributed by atoms with van der Waals surface area (Å²) in [5.74, 6) is 1.87. The second kappa shape index (κ2) is 10.7. The molecule has 174 valence electrons. The van der Waals surface area contributed by atoms with E-state index in [9.17, 15) is 0 Å². The van der Waals surface area contributed by atoms with E-state index in [4.69, 9.17) is 26.4 Å². The van der Waals surface area contributed by atoms with Gasteiger partial charge >= 0.3 is 0 Å². The van der Waals surface area contributed by atoms with Crippen LogP contribution in [0.2, 0.25) is 0 Å². The lowest BCUT2D eigenvalue weighted by Gasteiger charge is -2.26. The van der Waals surface area contributed by atoms with Gasteiger partial charge in [0, 0.05) is 36.8 Å². The van der Waals surface area contributed by atoms with Gasteiger partial charge in [-0.25, -0.2) is 9.97 Å². The Bertz CT molecular complexity index is 1110. The number of nitrogens with one attached hydrogen (secondary N) is 2. The van der Waals surface area contributed by atoms with E-state index < -0.39 is 0 Å². The second-order valence-corrected chi connectivity index (χ2v) is 8.30. The van der Waals surface area contributed by atoms with Crippen LogP contribution in [0, 0.1) is 13.8 Å². The Hall–Kier alpha value is -3.01. The molecule has 2 N–H and O–H groups in total. The normalized spacial score (nSPS) is 14.2. The van der Waals surface area contributed by atoms with E-state index in [0.29, 0.717) is 29.0 Å². The molecule has 0 spiro atoms. The number of anilines is 2. The minimum atomic E-state index is 0.456. The number of aryl methyl sites for hydroxylation is 2. The highest BCUT2D eigenvalue weighted by Gasteiger charge is 2.15. The number of methoxy groups -OCH3 is 1. The number of hydrogen-bond donors (Lipinski definition) is 2. The van der Waals surface area contributed by atoms with Gasteiger partial charge in [0.15, 0.2) is 16.6 Å². The van der Waals surface area contributed by atoms with Crippen molar-refractivity contribution in [1.82, 2.24) is 14.9 Å². The molecule has 1 fully saturated rings. The summed E-state index contributed by atoms with van der Waals surface area (Å²) in [5, 5.41) is 7.73. The number of ether oxygens (including phenoxy) is 3. The highest BCUT2D eigenvalue weighted by Crippen LogP contribution is 2.34. The van der Waals surface area contributed by atoms with Gasteiger partial charge in [0.25, 0.3) is 0 Å². The van der Waals surface area contributed by atoms with Crippen molar-refractivity contribution in [3.05, 3.63) is 47.8 Å². The van der Waals surface area contributed by atoms with Crippen molar-refractivity contribution in [2.75, 3.05) is 57.2 Å². The van der Waals surface area contributed by atoms with E-state index in [2.05, 4.69) is 25.5 Å². The van der Waals surface area contributed by atoms with Crippen LogP contribution in [0.5, 0.6) is 11.5 Å². The summed E-state index contributed by atoms with van der Waals surface area (Å²) >= 11 is 5.55. The van der Waals surface area contributed by atoms with E-state index in [0.717, 1.165) is 60.6 Å². The van der Waals surface area contributed by atoms with Gasteiger partial charge in [-0.05, 0) is 43.3 Å². The fraction of sp³-hybridized carbons (Fsp3) is 0.375. The van der Waals surface area contributed by atoms with Crippen LogP contribution in [-0.2, 0) is 4.74 Å².